The van der Waals surface area contributed by atoms with E-state index in [0.717, 1.165) is 0 Å². The largest absolute Gasteiger partial charge is 0.396 e. The molecule has 1 aromatic heterocycles. The zero-order chi connectivity index (χ0) is 12.1. The Morgan fingerprint density at radius 2 is 2.25 bits per heavy atom. The van der Waals surface area contributed by atoms with Crippen LogP contribution in [-0.2, 0) is 11.3 Å². The molecule has 1 aromatic rings. The van der Waals surface area contributed by atoms with Crippen molar-refractivity contribution in [2.45, 2.75) is 27.3 Å². The Morgan fingerprint density at radius 1 is 1.56 bits per heavy atom. The van der Waals surface area contributed by atoms with Gasteiger partial charge in [-0.05, 0) is 11.8 Å². The highest BCUT2D eigenvalue weighted by atomic mass is 16.2. The first-order valence-electron chi connectivity index (χ1n) is 5.53. The Morgan fingerprint density at radius 3 is 2.75 bits per heavy atom. The topological polar surface area (TPSA) is 72.9 Å². The minimum Gasteiger partial charge on any atom is -0.396 e. The fraction of sp³-hybridized carbons (Fsp3) is 0.636. The number of anilines is 1. The van der Waals surface area contributed by atoms with E-state index in [2.05, 4.69) is 31.2 Å². The lowest BCUT2D eigenvalue weighted by Gasteiger charge is -2.15. The van der Waals surface area contributed by atoms with Crippen molar-refractivity contribution < 1.29 is 4.79 Å². The normalized spacial score (nSPS) is 12.8. The average Bonchev–Trinajstić information content (AvgIpc) is 2.60. The van der Waals surface area contributed by atoms with Crippen LogP contribution in [0.25, 0.3) is 0 Å². The molecule has 16 heavy (non-hydrogen) atoms. The smallest absolute Gasteiger partial charge is 0.241 e. The highest BCUT2D eigenvalue weighted by molar-refractivity contribution is 5.75. The Bertz CT molecular complexity index is 346. The number of nitrogens with one attached hydrogen (secondary N) is 1. The van der Waals surface area contributed by atoms with Crippen molar-refractivity contribution in [1.82, 2.24) is 15.1 Å². The number of aromatic nitrogens is 2. The van der Waals surface area contributed by atoms with Gasteiger partial charge in [0.15, 0.2) is 0 Å². The Kier molecular flexibility index (Phi) is 4.34. The van der Waals surface area contributed by atoms with Crippen molar-refractivity contribution >= 4 is 11.6 Å². The fourth-order valence-corrected chi connectivity index (χ4v) is 1.18. The van der Waals surface area contributed by atoms with Crippen molar-refractivity contribution in [1.29, 1.82) is 0 Å². The summed E-state index contributed by atoms with van der Waals surface area (Å²) in [6, 6.07) is 0. The van der Waals surface area contributed by atoms with Crippen LogP contribution in [0.1, 0.15) is 20.8 Å². The standard InChI is InChI=1S/C11H20N4O/c1-8(2)9(3)4-13-11(16)7-15-6-10(12)5-14-15/h5-6,8-9H,4,7,12H2,1-3H3,(H,13,16). The summed E-state index contributed by atoms with van der Waals surface area (Å²) in [6.07, 6.45) is 3.18. The van der Waals surface area contributed by atoms with E-state index in [-0.39, 0.29) is 12.5 Å². The molecule has 0 aromatic carbocycles. The minimum absolute atomic E-state index is 0.0319. The summed E-state index contributed by atoms with van der Waals surface area (Å²) in [6.45, 7) is 7.34. The van der Waals surface area contributed by atoms with Gasteiger partial charge >= 0.3 is 0 Å². The zero-order valence-electron chi connectivity index (χ0n) is 10.1. The Hall–Kier alpha value is -1.52. The van der Waals surface area contributed by atoms with Crippen LogP contribution < -0.4 is 11.1 Å². The molecular formula is C11H20N4O. The van der Waals surface area contributed by atoms with Crippen LogP contribution in [0.5, 0.6) is 0 Å². The van der Waals surface area contributed by atoms with Gasteiger partial charge in [0.05, 0.1) is 11.9 Å². The van der Waals surface area contributed by atoms with Gasteiger partial charge in [0.2, 0.25) is 5.91 Å². The molecule has 0 aliphatic carbocycles. The molecule has 1 heterocycles. The highest BCUT2D eigenvalue weighted by Crippen LogP contribution is 2.07. The van der Waals surface area contributed by atoms with Gasteiger partial charge in [0.25, 0.3) is 0 Å². The van der Waals surface area contributed by atoms with Gasteiger partial charge in [-0.3, -0.25) is 9.48 Å². The number of amides is 1. The first kappa shape index (κ1) is 12.5. The molecule has 0 spiro atoms. The van der Waals surface area contributed by atoms with E-state index in [1.165, 1.54) is 10.9 Å². The second-order valence-corrected chi connectivity index (χ2v) is 4.50. The predicted octanol–water partition coefficient (Wildman–Crippen LogP) is 0.874. The van der Waals surface area contributed by atoms with Crippen LogP contribution in [0, 0.1) is 11.8 Å². The number of hydrogen-bond acceptors (Lipinski definition) is 3. The number of nitrogen functional groups attached to an aromatic ring is 1. The van der Waals surface area contributed by atoms with Gasteiger partial charge in [0, 0.05) is 12.7 Å². The lowest BCUT2D eigenvalue weighted by Crippen LogP contribution is -2.32. The summed E-state index contributed by atoms with van der Waals surface area (Å²) >= 11 is 0. The van der Waals surface area contributed by atoms with Gasteiger partial charge in [-0.2, -0.15) is 5.10 Å². The first-order chi connectivity index (χ1) is 7.49. The molecule has 0 aliphatic rings. The van der Waals surface area contributed by atoms with Crippen LogP contribution in [0.2, 0.25) is 0 Å². The van der Waals surface area contributed by atoms with E-state index in [0.29, 0.717) is 24.1 Å². The third-order valence-electron chi connectivity index (χ3n) is 2.72. The van der Waals surface area contributed by atoms with E-state index in [4.69, 9.17) is 5.73 Å². The number of carbonyl (C=O) groups excluding carboxylic acids is 1. The predicted molar refractivity (Wildman–Crippen MR) is 63.7 cm³/mol. The van der Waals surface area contributed by atoms with Crippen molar-refractivity contribution in [3.8, 4) is 0 Å². The average molecular weight is 224 g/mol. The summed E-state index contributed by atoms with van der Waals surface area (Å²) in [4.78, 5) is 11.5. The first-order valence-corrected chi connectivity index (χ1v) is 5.53. The number of hydrogen-bond donors (Lipinski definition) is 2. The molecule has 5 nitrogen and oxygen atoms in total. The fourth-order valence-electron chi connectivity index (χ4n) is 1.18. The maximum atomic E-state index is 11.5. The van der Waals surface area contributed by atoms with E-state index in [9.17, 15) is 4.79 Å². The van der Waals surface area contributed by atoms with Crippen molar-refractivity contribution in [2.75, 3.05) is 12.3 Å². The summed E-state index contributed by atoms with van der Waals surface area (Å²) in [5.41, 5.74) is 6.07. The van der Waals surface area contributed by atoms with Crippen LogP contribution in [0.3, 0.4) is 0 Å². The van der Waals surface area contributed by atoms with E-state index < -0.39 is 0 Å². The zero-order valence-corrected chi connectivity index (χ0v) is 10.1. The van der Waals surface area contributed by atoms with Crippen LogP contribution in [-0.4, -0.2) is 22.2 Å². The number of rotatable bonds is 5. The number of nitrogens with two attached hydrogens (primary N) is 1. The molecule has 0 saturated heterocycles. The van der Waals surface area contributed by atoms with Crippen molar-refractivity contribution in [3.63, 3.8) is 0 Å². The van der Waals surface area contributed by atoms with Gasteiger partial charge in [-0.25, -0.2) is 0 Å². The second kappa shape index (κ2) is 5.53. The van der Waals surface area contributed by atoms with Crippen molar-refractivity contribution in [3.05, 3.63) is 12.4 Å². The maximum absolute atomic E-state index is 11.5. The molecule has 3 N–H and O–H groups in total. The van der Waals surface area contributed by atoms with Crippen molar-refractivity contribution in [2.24, 2.45) is 11.8 Å². The molecule has 5 heteroatoms. The second-order valence-electron chi connectivity index (χ2n) is 4.50. The molecule has 1 amide bonds. The Labute approximate surface area is 96.0 Å². The quantitative estimate of drug-likeness (QED) is 0.779. The SMILES string of the molecule is CC(C)C(C)CNC(=O)Cn1cc(N)cn1. The van der Waals surface area contributed by atoms with Crippen LogP contribution in [0.15, 0.2) is 12.4 Å². The lowest BCUT2D eigenvalue weighted by molar-refractivity contribution is -0.122. The summed E-state index contributed by atoms with van der Waals surface area (Å²) in [7, 11) is 0. The van der Waals surface area contributed by atoms with Crippen LogP contribution >= 0.6 is 0 Å². The third kappa shape index (κ3) is 3.92. The number of nitrogens with zero attached hydrogens (tertiary/aromatic N) is 2. The summed E-state index contributed by atoms with van der Waals surface area (Å²) < 4.78 is 1.53. The van der Waals surface area contributed by atoms with Gasteiger partial charge in [-0.1, -0.05) is 20.8 Å². The van der Waals surface area contributed by atoms with Gasteiger partial charge in [-0.15, -0.1) is 0 Å². The summed E-state index contributed by atoms with van der Waals surface area (Å²) in [5.74, 6) is 1.02. The molecule has 0 saturated carbocycles. The van der Waals surface area contributed by atoms with E-state index in [1.807, 2.05) is 0 Å². The van der Waals surface area contributed by atoms with E-state index in [1.54, 1.807) is 6.20 Å². The molecular weight excluding hydrogens is 204 g/mol. The molecule has 1 atom stereocenters. The molecule has 90 valence electrons. The molecule has 1 unspecified atom stereocenters. The lowest BCUT2D eigenvalue weighted by atomic mass is 9.98. The third-order valence-corrected chi connectivity index (χ3v) is 2.72. The molecule has 0 aliphatic heterocycles. The Balaban J connectivity index is 2.31. The maximum Gasteiger partial charge on any atom is 0.241 e. The van der Waals surface area contributed by atoms with Gasteiger partial charge < -0.3 is 11.1 Å². The van der Waals surface area contributed by atoms with E-state index >= 15 is 0 Å². The van der Waals surface area contributed by atoms with Gasteiger partial charge in [0.1, 0.15) is 6.54 Å². The minimum atomic E-state index is -0.0319. The highest BCUT2D eigenvalue weighted by Gasteiger charge is 2.09. The molecule has 1 rings (SSSR count). The van der Waals surface area contributed by atoms with Crippen LogP contribution in [0.4, 0.5) is 5.69 Å². The molecule has 0 bridgehead atoms. The number of carbonyl (C=O) groups is 1. The summed E-state index contributed by atoms with van der Waals surface area (Å²) in [5, 5.41) is 6.83. The molecule has 0 fully saturated rings. The molecule has 0 radical (unpaired) electrons. The monoisotopic (exact) mass is 224 g/mol.